The van der Waals surface area contributed by atoms with Gasteiger partial charge < -0.3 is 15.2 Å². The highest BCUT2D eigenvalue weighted by atomic mass is 16.5. The molecule has 0 aromatic carbocycles. The van der Waals surface area contributed by atoms with Gasteiger partial charge in [-0.3, -0.25) is 4.79 Å². The number of carboxylic acids is 1. The minimum atomic E-state index is -1.01. The van der Waals surface area contributed by atoms with Gasteiger partial charge in [-0.2, -0.15) is 0 Å². The van der Waals surface area contributed by atoms with Crippen molar-refractivity contribution in [2.75, 3.05) is 6.61 Å². The molecule has 2 N–H and O–H groups in total. The number of amides is 1. The number of carbonyl (C=O) groups is 2. The standard InChI is InChI=1S/C11H19NO4/c1-11(2,3)8(10(14)15)12-9(13)7-5-4-6-16-7/h7-8H,4-6H2,1-3H3,(H,12,13)(H,14,15)/t7-,8?/m1/s1. The number of aliphatic carboxylic acids is 1. The SMILES string of the molecule is CC(C)(C)C(NC(=O)[C@H]1CCCO1)C(=O)O. The van der Waals surface area contributed by atoms with E-state index in [0.29, 0.717) is 13.0 Å². The average molecular weight is 229 g/mol. The molecule has 1 aliphatic heterocycles. The first-order valence-electron chi connectivity index (χ1n) is 5.47. The van der Waals surface area contributed by atoms with Crippen LogP contribution < -0.4 is 5.32 Å². The van der Waals surface area contributed by atoms with Crippen molar-refractivity contribution in [2.24, 2.45) is 5.41 Å². The molecule has 5 nitrogen and oxygen atoms in total. The molecule has 16 heavy (non-hydrogen) atoms. The summed E-state index contributed by atoms with van der Waals surface area (Å²) < 4.78 is 5.20. The van der Waals surface area contributed by atoms with E-state index in [1.165, 1.54) is 0 Å². The summed E-state index contributed by atoms with van der Waals surface area (Å²) in [5.41, 5.74) is -0.514. The van der Waals surface area contributed by atoms with Crippen LogP contribution >= 0.6 is 0 Å². The number of carbonyl (C=O) groups excluding carboxylic acids is 1. The largest absolute Gasteiger partial charge is 0.480 e. The maximum absolute atomic E-state index is 11.7. The molecule has 0 aromatic rings. The van der Waals surface area contributed by atoms with Gasteiger partial charge in [0.15, 0.2) is 0 Å². The molecule has 0 bridgehead atoms. The lowest BCUT2D eigenvalue weighted by atomic mass is 9.86. The summed E-state index contributed by atoms with van der Waals surface area (Å²) in [7, 11) is 0. The molecule has 1 rings (SSSR count). The van der Waals surface area contributed by atoms with E-state index in [4.69, 9.17) is 9.84 Å². The van der Waals surface area contributed by atoms with Crippen molar-refractivity contribution < 1.29 is 19.4 Å². The van der Waals surface area contributed by atoms with Crippen molar-refractivity contribution in [3.05, 3.63) is 0 Å². The van der Waals surface area contributed by atoms with E-state index in [9.17, 15) is 9.59 Å². The first-order chi connectivity index (χ1) is 7.32. The molecule has 1 saturated heterocycles. The molecule has 1 unspecified atom stereocenters. The van der Waals surface area contributed by atoms with E-state index in [1.54, 1.807) is 20.8 Å². The molecule has 0 spiro atoms. The Morgan fingerprint density at radius 3 is 2.44 bits per heavy atom. The van der Waals surface area contributed by atoms with Crippen molar-refractivity contribution in [1.82, 2.24) is 5.32 Å². The third-order valence-corrected chi connectivity index (χ3v) is 2.62. The predicted molar refractivity (Wildman–Crippen MR) is 58.0 cm³/mol. The fraction of sp³-hybridized carbons (Fsp3) is 0.818. The second-order valence-corrected chi connectivity index (χ2v) is 5.15. The summed E-state index contributed by atoms with van der Waals surface area (Å²) in [6.07, 6.45) is 1.04. The van der Waals surface area contributed by atoms with Gasteiger partial charge in [0.2, 0.25) is 5.91 Å². The molecule has 92 valence electrons. The van der Waals surface area contributed by atoms with Crippen molar-refractivity contribution in [2.45, 2.75) is 45.8 Å². The first-order valence-corrected chi connectivity index (χ1v) is 5.47. The van der Waals surface area contributed by atoms with E-state index < -0.39 is 23.5 Å². The van der Waals surface area contributed by atoms with Gasteiger partial charge >= 0.3 is 5.97 Å². The minimum absolute atomic E-state index is 0.320. The lowest BCUT2D eigenvalue weighted by Gasteiger charge is -2.28. The lowest BCUT2D eigenvalue weighted by Crippen LogP contribution is -2.51. The van der Waals surface area contributed by atoms with Gasteiger partial charge in [-0.15, -0.1) is 0 Å². The third kappa shape index (κ3) is 3.20. The van der Waals surface area contributed by atoms with Gasteiger partial charge in [-0.05, 0) is 18.3 Å². The van der Waals surface area contributed by atoms with E-state index >= 15 is 0 Å². The van der Waals surface area contributed by atoms with Crippen LogP contribution in [0.25, 0.3) is 0 Å². The van der Waals surface area contributed by atoms with Crippen LogP contribution in [0.5, 0.6) is 0 Å². The van der Waals surface area contributed by atoms with E-state index in [0.717, 1.165) is 6.42 Å². The molecule has 1 fully saturated rings. The summed E-state index contributed by atoms with van der Waals surface area (Å²) in [6.45, 7) is 5.91. The zero-order valence-electron chi connectivity index (χ0n) is 9.95. The van der Waals surface area contributed by atoms with Crippen LogP contribution in [0.3, 0.4) is 0 Å². The number of hydrogen-bond donors (Lipinski definition) is 2. The number of ether oxygens (including phenoxy) is 1. The van der Waals surface area contributed by atoms with Crippen molar-refractivity contribution >= 4 is 11.9 Å². The molecule has 5 heteroatoms. The van der Waals surface area contributed by atoms with Gasteiger partial charge in [0.05, 0.1) is 0 Å². The topological polar surface area (TPSA) is 75.6 Å². The smallest absolute Gasteiger partial charge is 0.326 e. The van der Waals surface area contributed by atoms with Crippen molar-refractivity contribution in [3.8, 4) is 0 Å². The van der Waals surface area contributed by atoms with Gasteiger partial charge in [-0.1, -0.05) is 20.8 Å². The monoisotopic (exact) mass is 229 g/mol. The van der Waals surface area contributed by atoms with E-state index in [2.05, 4.69) is 5.32 Å². The Bertz CT molecular complexity index is 276. The van der Waals surface area contributed by atoms with E-state index in [-0.39, 0.29) is 5.91 Å². The van der Waals surface area contributed by atoms with Crippen LogP contribution in [-0.2, 0) is 14.3 Å². The molecule has 0 aliphatic carbocycles. The number of rotatable bonds is 3. The predicted octanol–water partition coefficient (Wildman–Crippen LogP) is 0.781. The van der Waals surface area contributed by atoms with E-state index in [1.807, 2.05) is 0 Å². The summed E-state index contributed by atoms with van der Waals surface area (Å²) in [4.78, 5) is 22.7. The van der Waals surface area contributed by atoms with Gasteiger partial charge in [0.25, 0.3) is 0 Å². The normalized spacial score (nSPS) is 22.8. The zero-order chi connectivity index (χ0) is 12.3. The quantitative estimate of drug-likeness (QED) is 0.750. The molecule has 0 saturated carbocycles. The van der Waals surface area contributed by atoms with Crippen LogP contribution in [0.4, 0.5) is 0 Å². The van der Waals surface area contributed by atoms with Crippen molar-refractivity contribution in [1.29, 1.82) is 0 Å². The van der Waals surface area contributed by atoms with Crippen LogP contribution in [0.1, 0.15) is 33.6 Å². The zero-order valence-corrected chi connectivity index (χ0v) is 9.95. The minimum Gasteiger partial charge on any atom is -0.480 e. The van der Waals surface area contributed by atoms with Crippen molar-refractivity contribution in [3.63, 3.8) is 0 Å². The Hall–Kier alpha value is -1.10. The Balaban J connectivity index is 2.61. The Kier molecular flexibility index (Phi) is 3.91. The Morgan fingerprint density at radius 2 is 2.06 bits per heavy atom. The first kappa shape index (κ1) is 13.0. The third-order valence-electron chi connectivity index (χ3n) is 2.62. The van der Waals surface area contributed by atoms with Gasteiger partial charge in [-0.25, -0.2) is 4.79 Å². The molecule has 1 amide bonds. The molecule has 2 atom stereocenters. The lowest BCUT2D eigenvalue weighted by molar-refractivity contribution is -0.146. The summed E-state index contributed by atoms with van der Waals surface area (Å²) in [6, 6.07) is -0.885. The van der Waals surface area contributed by atoms with Gasteiger partial charge in [0, 0.05) is 6.61 Å². The van der Waals surface area contributed by atoms with Crippen LogP contribution in [0.2, 0.25) is 0 Å². The fourth-order valence-electron chi connectivity index (χ4n) is 1.67. The second kappa shape index (κ2) is 4.82. The molecule has 0 radical (unpaired) electrons. The highest BCUT2D eigenvalue weighted by molar-refractivity contribution is 5.86. The molecular weight excluding hydrogens is 210 g/mol. The van der Waals surface area contributed by atoms with Crippen LogP contribution in [-0.4, -0.2) is 35.7 Å². The molecular formula is C11H19NO4. The summed E-state index contributed by atoms with van der Waals surface area (Å²) >= 11 is 0. The number of hydrogen-bond acceptors (Lipinski definition) is 3. The van der Waals surface area contributed by atoms with Crippen LogP contribution in [0.15, 0.2) is 0 Å². The second-order valence-electron chi connectivity index (χ2n) is 5.15. The highest BCUT2D eigenvalue weighted by Gasteiger charge is 2.35. The summed E-state index contributed by atoms with van der Waals surface area (Å²) in [5.74, 6) is -1.33. The maximum Gasteiger partial charge on any atom is 0.326 e. The number of carboxylic acid groups (broad SMARTS) is 1. The Morgan fingerprint density at radius 1 is 1.44 bits per heavy atom. The molecule has 1 aliphatic rings. The fourth-order valence-corrected chi connectivity index (χ4v) is 1.67. The van der Waals surface area contributed by atoms with Gasteiger partial charge in [0.1, 0.15) is 12.1 Å². The highest BCUT2D eigenvalue weighted by Crippen LogP contribution is 2.20. The average Bonchev–Trinajstić information content (AvgIpc) is 2.63. The summed E-state index contributed by atoms with van der Waals surface area (Å²) in [5, 5.41) is 11.6. The van der Waals surface area contributed by atoms with Crippen LogP contribution in [0, 0.1) is 5.41 Å². The Labute approximate surface area is 95.2 Å². The maximum atomic E-state index is 11.7. The molecule has 1 heterocycles. The molecule has 0 aromatic heterocycles. The number of nitrogens with one attached hydrogen (secondary N) is 1.